The maximum atomic E-state index is 13.2. The van der Waals surface area contributed by atoms with Crippen molar-refractivity contribution >= 4 is 59.8 Å². The number of urea groups is 1. The van der Waals surface area contributed by atoms with E-state index in [1.807, 2.05) is 42.6 Å². The smallest absolute Gasteiger partial charge is 0.294 e. The number of aromatic nitrogens is 2. The van der Waals surface area contributed by atoms with E-state index in [2.05, 4.69) is 15.4 Å². The number of rotatable bonds is 4. The summed E-state index contributed by atoms with van der Waals surface area (Å²) in [7, 11) is -3.88. The molecule has 3 heterocycles. The Balaban J connectivity index is 1.43. The molecule has 1 aliphatic rings. The molecular formula is C21H19N5O3S3. The third kappa shape index (κ3) is 3.66. The van der Waals surface area contributed by atoms with Gasteiger partial charge in [0.1, 0.15) is 0 Å². The van der Waals surface area contributed by atoms with Crippen molar-refractivity contribution in [2.45, 2.75) is 17.6 Å². The molecule has 0 saturated carbocycles. The van der Waals surface area contributed by atoms with E-state index in [4.69, 9.17) is 5.14 Å². The first-order valence-electron chi connectivity index (χ1n) is 9.86. The van der Waals surface area contributed by atoms with Gasteiger partial charge in [-0.25, -0.2) is 23.3 Å². The number of fused-ring (bicyclic) bond motifs is 1. The highest BCUT2D eigenvalue weighted by molar-refractivity contribution is 7.91. The van der Waals surface area contributed by atoms with Crippen LogP contribution in [-0.2, 0) is 10.0 Å². The Morgan fingerprint density at radius 3 is 2.53 bits per heavy atom. The van der Waals surface area contributed by atoms with Crippen LogP contribution in [0.4, 0.5) is 15.6 Å². The molecule has 2 aromatic heterocycles. The van der Waals surface area contributed by atoms with Crippen molar-refractivity contribution in [3.05, 3.63) is 54.4 Å². The van der Waals surface area contributed by atoms with Crippen LogP contribution in [0.25, 0.3) is 21.2 Å². The lowest BCUT2D eigenvalue weighted by Gasteiger charge is -2.34. The topological polar surface area (TPSA) is 109 Å². The molecule has 0 atom stereocenters. The molecule has 4 aromatic rings. The van der Waals surface area contributed by atoms with Crippen molar-refractivity contribution in [3.8, 4) is 11.1 Å². The number of primary sulfonamides is 1. The number of thiazole rings is 1. The van der Waals surface area contributed by atoms with Crippen LogP contribution in [0.3, 0.4) is 0 Å². The molecule has 11 heteroatoms. The van der Waals surface area contributed by atoms with Crippen molar-refractivity contribution in [1.29, 1.82) is 0 Å². The highest BCUT2D eigenvalue weighted by Gasteiger charge is 2.31. The number of amides is 2. The number of nitrogens with zero attached hydrogens (tertiary/aromatic N) is 4. The average Bonchev–Trinajstić information content (AvgIpc) is 3.40. The summed E-state index contributed by atoms with van der Waals surface area (Å²) in [5.74, 6) is 0. The molecule has 0 unspecified atom stereocenters. The predicted octanol–water partition coefficient (Wildman–Crippen LogP) is 4.21. The second kappa shape index (κ2) is 7.93. The fraction of sp³-hybridized carbons (Fsp3) is 0.190. The fourth-order valence-electron chi connectivity index (χ4n) is 3.83. The standard InChI is InChI=1S/C21H19N5O3S3/c1-13-19(32(22,28)29)30-20(24-13)26-11-3-10-25(21(26)27)16-8-6-14(7-9-16)17-5-2-4-15-12-23-31-18(15)17/h2,4-9,12H,3,10-11H2,1H3,(H2,22,28,29). The van der Waals surface area contributed by atoms with E-state index >= 15 is 0 Å². The summed E-state index contributed by atoms with van der Waals surface area (Å²) in [6, 6.07) is 13.8. The van der Waals surface area contributed by atoms with E-state index in [-0.39, 0.29) is 10.2 Å². The highest BCUT2D eigenvalue weighted by atomic mass is 32.2. The van der Waals surface area contributed by atoms with E-state index in [0.29, 0.717) is 23.9 Å². The quantitative estimate of drug-likeness (QED) is 0.466. The van der Waals surface area contributed by atoms with Crippen molar-refractivity contribution in [1.82, 2.24) is 9.36 Å². The Bertz CT molecular complexity index is 1430. The average molecular weight is 486 g/mol. The van der Waals surface area contributed by atoms with E-state index in [0.717, 1.165) is 44.7 Å². The minimum atomic E-state index is -3.88. The number of carbonyl (C=O) groups excluding carboxylic acids is 1. The normalized spacial score (nSPS) is 15.0. The maximum Gasteiger partial charge on any atom is 0.330 e. The Hall–Kier alpha value is -2.86. The molecule has 2 aromatic carbocycles. The third-order valence-electron chi connectivity index (χ3n) is 5.33. The van der Waals surface area contributed by atoms with Crippen LogP contribution in [-0.4, -0.2) is 36.9 Å². The summed E-state index contributed by atoms with van der Waals surface area (Å²) in [6.07, 6.45) is 2.59. The zero-order chi connectivity index (χ0) is 22.5. The number of aryl methyl sites for hydroxylation is 1. The molecule has 5 rings (SSSR count). The van der Waals surface area contributed by atoms with Gasteiger partial charge in [0.25, 0.3) is 0 Å². The largest absolute Gasteiger partial charge is 0.330 e. The zero-order valence-corrected chi connectivity index (χ0v) is 19.5. The highest BCUT2D eigenvalue weighted by Crippen LogP contribution is 2.34. The Morgan fingerprint density at radius 2 is 1.81 bits per heavy atom. The summed E-state index contributed by atoms with van der Waals surface area (Å²) in [5.41, 5.74) is 3.24. The molecule has 1 aliphatic heterocycles. The van der Waals surface area contributed by atoms with E-state index in [1.54, 1.807) is 11.8 Å². The molecule has 0 aliphatic carbocycles. The Labute approximate surface area is 193 Å². The van der Waals surface area contributed by atoms with Crippen molar-refractivity contribution in [2.75, 3.05) is 22.9 Å². The number of benzene rings is 2. The van der Waals surface area contributed by atoms with E-state index in [9.17, 15) is 13.2 Å². The molecule has 1 saturated heterocycles. The SMILES string of the molecule is Cc1nc(N2CCCN(c3ccc(-c4cccc5cnsc45)cc3)C2=O)sc1S(N)(=O)=O. The van der Waals surface area contributed by atoms with Gasteiger partial charge in [-0.15, -0.1) is 0 Å². The van der Waals surface area contributed by atoms with Gasteiger partial charge in [-0.3, -0.25) is 9.80 Å². The molecule has 2 amide bonds. The van der Waals surface area contributed by atoms with Crippen LogP contribution in [0, 0.1) is 6.92 Å². The lowest BCUT2D eigenvalue weighted by atomic mass is 10.0. The summed E-state index contributed by atoms with van der Waals surface area (Å²) < 4.78 is 28.9. The minimum Gasteiger partial charge on any atom is -0.294 e. The van der Waals surface area contributed by atoms with Gasteiger partial charge in [0.05, 0.1) is 10.4 Å². The fourth-order valence-corrected chi connectivity index (χ4v) is 6.58. The lowest BCUT2D eigenvalue weighted by Crippen LogP contribution is -2.49. The summed E-state index contributed by atoms with van der Waals surface area (Å²) in [4.78, 5) is 20.7. The zero-order valence-electron chi connectivity index (χ0n) is 17.1. The van der Waals surface area contributed by atoms with Gasteiger partial charge in [-0.05, 0) is 42.6 Å². The van der Waals surface area contributed by atoms with Crippen molar-refractivity contribution < 1.29 is 13.2 Å². The monoisotopic (exact) mass is 485 g/mol. The molecule has 0 spiro atoms. The summed E-state index contributed by atoms with van der Waals surface area (Å²) in [5, 5.41) is 6.72. The van der Waals surface area contributed by atoms with Gasteiger partial charge >= 0.3 is 6.03 Å². The van der Waals surface area contributed by atoms with Crippen LogP contribution in [0.2, 0.25) is 0 Å². The van der Waals surface area contributed by atoms with Gasteiger partial charge in [0.15, 0.2) is 9.34 Å². The second-order valence-corrected chi connectivity index (χ2v) is 11.0. The van der Waals surface area contributed by atoms with Gasteiger partial charge in [-0.2, -0.15) is 4.37 Å². The van der Waals surface area contributed by atoms with Crippen molar-refractivity contribution in [3.63, 3.8) is 0 Å². The van der Waals surface area contributed by atoms with Crippen LogP contribution in [0.15, 0.2) is 52.9 Å². The number of hydrogen-bond acceptors (Lipinski definition) is 7. The number of sulfonamides is 1. The molecule has 164 valence electrons. The van der Waals surface area contributed by atoms with E-state index in [1.165, 1.54) is 16.4 Å². The van der Waals surface area contributed by atoms with Crippen LogP contribution >= 0.6 is 22.9 Å². The van der Waals surface area contributed by atoms with Gasteiger partial charge in [0, 0.05) is 35.9 Å². The van der Waals surface area contributed by atoms with Crippen molar-refractivity contribution in [2.24, 2.45) is 5.14 Å². The van der Waals surface area contributed by atoms with Crippen LogP contribution in [0.5, 0.6) is 0 Å². The third-order valence-corrected chi connectivity index (χ3v) is 8.91. The number of anilines is 2. The first-order valence-corrected chi connectivity index (χ1v) is 13.0. The van der Waals surface area contributed by atoms with Gasteiger partial charge in [-0.1, -0.05) is 41.7 Å². The second-order valence-electron chi connectivity index (χ2n) is 7.45. The molecule has 0 bridgehead atoms. The number of hydrogen-bond donors (Lipinski definition) is 1. The molecule has 8 nitrogen and oxygen atoms in total. The molecule has 0 radical (unpaired) electrons. The Kier molecular flexibility index (Phi) is 5.20. The van der Waals surface area contributed by atoms with Crippen LogP contribution < -0.4 is 14.9 Å². The first-order chi connectivity index (χ1) is 15.3. The molecule has 32 heavy (non-hydrogen) atoms. The number of nitrogens with two attached hydrogens (primary N) is 1. The number of carbonyl (C=O) groups is 1. The van der Waals surface area contributed by atoms with Crippen LogP contribution in [0.1, 0.15) is 12.1 Å². The minimum absolute atomic E-state index is 0.0148. The summed E-state index contributed by atoms with van der Waals surface area (Å²) >= 11 is 2.39. The van der Waals surface area contributed by atoms with Gasteiger partial charge < -0.3 is 0 Å². The first kappa shape index (κ1) is 21.0. The Morgan fingerprint density at radius 1 is 1.06 bits per heavy atom. The summed E-state index contributed by atoms with van der Waals surface area (Å²) in [6.45, 7) is 2.62. The van der Waals surface area contributed by atoms with E-state index < -0.39 is 10.0 Å². The molecule has 2 N–H and O–H groups in total. The molecular weight excluding hydrogens is 466 g/mol. The predicted molar refractivity (Wildman–Crippen MR) is 128 cm³/mol. The lowest BCUT2D eigenvalue weighted by molar-refractivity contribution is 0.248. The maximum absolute atomic E-state index is 13.2. The molecule has 1 fully saturated rings. The van der Waals surface area contributed by atoms with Gasteiger partial charge in [0.2, 0.25) is 10.0 Å².